The first-order valence-electron chi connectivity index (χ1n) is 4.29. The van der Waals surface area contributed by atoms with Crippen LogP contribution < -0.4 is 5.73 Å². The van der Waals surface area contributed by atoms with Crippen molar-refractivity contribution in [1.82, 2.24) is 10.1 Å². The van der Waals surface area contributed by atoms with E-state index in [1.165, 1.54) is 6.92 Å². The Balaban J connectivity index is 2.87. The highest BCUT2D eigenvalue weighted by Crippen LogP contribution is 2.31. The molecule has 0 aliphatic carbocycles. The number of hydrogen-bond donors (Lipinski definition) is 1. The predicted molar refractivity (Wildman–Crippen MR) is 45.9 cm³/mol. The van der Waals surface area contributed by atoms with Gasteiger partial charge in [-0.15, -0.1) is 0 Å². The van der Waals surface area contributed by atoms with Crippen molar-refractivity contribution in [3.05, 3.63) is 11.7 Å². The van der Waals surface area contributed by atoms with Crippen molar-refractivity contribution in [2.75, 3.05) is 0 Å². The Hall–Kier alpha value is -1.04. The smallest absolute Gasteiger partial charge is 0.256 e. The van der Waals surface area contributed by atoms with Crippen molar-refractivity contribution < 1.29 is 13.3 Å². The summed E-state index contributed by atoms with van der Waals surface area (Å²) in [7, 11) is 0. The molecule has 1 rings (SSSR count). The maximum atomic E-state index is 12.9. The van der Waals surface area contributed by atoms with Gasteiger partial charge in [0, 0.05) is 6.92 Å². The van der Waals surface area contributed by atoms with Crippen LogP contribution in [-0.4, -0.2) is 16.1 Å². The fourth-order valence-corrected chi connectivity index (χ4v) is 0.825. The monoisotopic (exact) mass is 205 g/mol. The van der Waals surface area contributed by atoms with Gasteiger partial charge in [-0.2, -0.15) is 4.98 Å². The quantitative estimate of drug-likeness (QED) is 0.817. The van der Waals surface area contributed by atoms with Gasteiger partial charge in [0.05, 0.1) is 12.0 Å². The molecule has 0 saturated carbocycles. The summed E-state index contributed by atoms with van der Waals surface area (Å²) in [5, 5.41) is 3.51. The van der Waals surface area contributed by atoms with Crippen LogP contribution in [-0.2, 0) is 0 Å². The van der Waals surface area contributed by atoms with E-state index in [9.17, 15) is 8.78 Å². The molecule has 0 spiro atoms. The molecule has 0 radical (unpaired) electrons. The highest BCUT2D eigenvalue weighted by Gasteiger charge is 2.35. The summed E-state index contributed by atoms with van der Waals surface area (Å²) in [4.78, 5) is 3.79. The first-order valence-corrected chi connectivity index (χ1v) is 4.29. The maximum absolute atomic E-state index is 12.9. The SMILES string of the molecule is CC(N)c1noc(C(C)C(C)(F)F)n1. The number of rotatable bonds is 3. The fraction of sp³-hybridized carbons (Fsp3) is 0.750. The number of halogens is 2. The summed E-state index contributed by atoms with van der Waals surface area (Å²) in [6.07, 6.45) is 0. The van der Waals surface area contributed by atoms with E-state index in [0.717, 1.165) is 6.92 Å². The van der Waals surface area contributed by atoms with Crippen molar-refractivity contribution in [2.45, 2.75) is 38.7 Å². The van der Waals surface area contributed by atoms with E-state index in [2.05, 4.69) is 10.1 Å². The van der Waals surface area contributed by atoms with Gasteiger partial charge in [0.1, 0.15) is 0 Å². The normalized spacial score (nSPS) is 16.7. The molecule has 0 aliphatic heterocycles. The Kier molecular flexibility index (Phi) is 2.84. The van der Waals surface area contributed by atoms with Gasteiger partial charge in [-0.05, 0) is 13.8 Å². The van der Waals surface area contributed by atoms with E-state index >= 15 is 0 Å². The van der Waals surface area contributed by atoms with E-state index in [0.29, 0.717) is 0 Å². The number of nitrogens with two attached hydrogens (primary N) is 1. The molecule has 0 aromatic carbocycles. The van der Waals surface area contributed by atoms with Crippen LogP contribution >= 0.6 is 0 Å². The molecule has 0 amide bonds. The summed E-state index contributed by atoms with van der Waals surface area (Å²) >= 11 is 0. The first-order chi connectivity index (χ1) is 6.32. The van der Waals surface area contributed by atoms with Gasteiger partial charge in [0.15, 0.2) is 5.82 Å². The highest BCUT2D eigenvalue weighted by molar-refractivity contribution is 4.99. The molecule has 2 atom stereocenters. The van der Waals surface area contributed by atoms with Gasteiger partial charge >= 0.3 is 0 Å². The zero-order chi connectivity index (χ0) is 10.9. The standard InChI is InChI=1S/C8H13F2N3O/c1-4(8(3,9)10)7-12-6(5(2)11)13-14-7/h4-5H,11H2,1-3H3. The third-order valence-corrected chi connectivity index (χ3v) is 2.00. The molecule has 4 nitrogen and oxygen atoms in total. The number of aromatic nitrogens is 2. The zero-order valence-electron chi connectivity index (χ0n) is 8.29. The van der Waals surface area contributed by atoms with Crippen molar-refractivity contribution in [3.8, 4) is 0 Å². The Morgan fingerprint density at radius 3 is 2.36 bits per heavy atom. The lowest BCUT2D eigenvalue weighted by molar-refractivity contribution is -0.0115. The molecule has 1 heterocycles. The average Bonchev–Trinajstić information content (AvgIpc) is 2.48. The van der Waals surface area contributed by atoms with Gasteiger partial charge in [-0.25, -0.2) is 8.78 Å². The minimum Gasteiger partial charge on any atom is -0.339 e. The van der Waals surface area contributed by atoms with Crippen LogP contribution in [0, 0.1) is 0 Å². The Labute approximate surface area is 80.5 Å². The summed E-state index contributed by atoms with van der Waals surface area (Å²) in [6.45, 7) is 3.80. The molecule has 80 valence electrons. The Morgan fingerprint density at radius 1 is 1.43 bits per heavy atom. The molecule has 14 heavy (non-hydrogen) atoms. The van der Waals surface area contributed by atoms with Crippen molar-refractivity contribution in [2.24, 2.45) is 5.73 Å². The maximum Gasteiger partial charge on any atom is 0.256 e. The van der Waals surface area contributed by atoms with Crippen LogP contribution in [0.5, 0.6) is 0 Å². The summed E-state index contributed by atoms with van der Waals surface area (Å²) in [6, 6.07) is -0.412. The van der Waals surface area contributed by atoms with Crippen molar-refractivity contribution >= 4 is 0 Å². The number of hydrogen-bond acceptors (Lipinski definition) is 4. The molecular formula is C8H13F2N3O. The van der Waals surface area contributed by atoms with Crippen LogP contribution in [0.3, 0.4) is 0 Å². The molecule has 0 saturated heterocycles. The zero-order valence-corrected chi connectivity index (χ0v) is 8.29. The van der Waals surface area contributed by atoms with Gasteiger partial charge in [0.25, 0.3) is 5.92 Å². The molecule has 1 aromatic heterocycles. The molecule has 0 aliphatic rings. The second-order valence-corrected chi connectivity index (χ2v) is 3.46. The second kappa shape index (κ2) is 3.61. The number of alkyl halides is 2. The van der Waals surface area contributed by atoms with E-state index in [-0.39, 0.29) is 11.7 Å². The minimum absolute atomic E-state index is 0.0789. The van der Waals surface area contributed by atoms with Gasteiger partial charge in [0.2, 0.25) is 5.89 Å². The van der Waals surface area contributed by atoms with Crippen LogP contribution in [0.15, 0.2) is 4.52 Å². The molecule has 6 heteroatoms. The summed E-state index contributed by atoms with van der Waals surface area (Å²) in [5.41, 5.74) is 5.46. The highest BCUT2D eigenvalue weighted by atomic mass is 19.3. The van der Waals surface area contributed by atoms with Gasteiger partial charge < -0.3 is 10.3 Å². The molecule has 2 unspecified atom stereocenters. The van der Waals surface area contributed by atoms with E-state index in [1.54, 1.807) is 6.92 Å². The average molecular weight is 205 g/mol. The summed E-state index contributed by atoms with van der Waals surface area (Å²) in [5.74, 6) is -3.80. The Bertz CT molecular complexity index is 306. The summed E-state index contributed by atoms with van der Waals surface area (Å²) < 4.78 is 30.4. The first kappa shape index (κ1) is 11.0. The van der Waals surface area contributed by atoms with Gasteiger partial charge in [-0.1, -0.05) is 5.16 Å². The lowest BCUT2D eigenvalue weighted by atomic mass is 10.1. The van der Waals surface area contributed by atoms with Crippen molar-refractivity contribution in [1.29, 1.82) is 0 Å². The van der Waals surface area contributed by atoms with E-state index in [4.69, 9.17) is 10.3 Å². The Morgan fingerprint density at radius 2 is 2.00 bits per heavy atom. The second-order valence-electron chi connectivity index (χ2n) is 3.46. The van der Waals surface area contributed by atoms with Crippen LogP contribution in [0.2, 0.25) is 0 Å². The molecular weight excluding hydrogens is 192 g/mol. The minimum atomic E-state index is -2.87. The van der Waals surface area contributed by atoms with Crippen LogP contribution in [0.4, 0.5) is 8.78 Å². The molecule has 0 bridgehead atoms. The lowest BCUT2D eigenvalue weighted by Crippen LogP contribution is -2.20. The van der Waals surface area contributed by atoms with Gasteiger partial charge in [-0.3, -0.25) is 0 Å². The third-order valence-electron chi connectivity index (χ3n) is 2.00. The largest absolute Gasteiger partial charge is 0.339 e. The van der Waals surface area contributed by atoms with E-state index in [1.807, 2.05) is 0 Å². The predicted octanol–water partition coefficient (Wildman–Crippen LogP) is 1.85. The van der Waals surface area contributed by atoms with Crippen LogP contribution in [0.1, 0.15) is 44.4 Å². The third kappa shape index (κ3) is 2.25. The topological polar surface area (TPSA) is 64.9 Å². The van der Waals surface area contributed by atoms with Crippen LogP contribution in [0.25, 0.3) is 0 Å². The molecule has 1 aromatic rings. The number of nitrogens with zero attached hydrogens (tertiary/aromatic N) is 2. The lowest BCUT2D eigenvalue weighted by Gasteiger charge is -2.14. The van der Waals surface area contributed by atoms with Crippen molar-refractivity contribution in [3.63, 3.8) is 0 Å². The molecule has 2 N–H and O–H groups in total. The molecule has 0 fully saturated rings. The van der Waals surface area contributed by atoms with E-state index < -0.39 is 17.9 Å². The fourth-order valence-electron chi connectivity index (χ4n) is 0.825.